The van der Waals surface area contributed by atoms with Gasteiger partial charge in [-0.25, -0.2) is 8.78 Å². The molecular formula is C14H12F2N2S. The zero-order valence-corrected chi connectivity index (χ0v) is 11.4. The molecule has 0 saturated heterocycles. The van der Waals surface area contributed by atoms with Gasteiger partial charge in [0, 0.05) is 16.3 Å². The summed E-state index contributed by atoms with van der Waals surface area (Å²) in [6.07, 6.45) is 0. The Morgan fingerprint density at radius 2 is 1.84 bits per heavy atom. The van der Waals surface area contributed by atoms with Crippen LogP contribution in [-0.4, -0.2) is 0 Å². The highest BCUT2D eigenvalue weighted by Gasteiger charge is 2.11. The molecule has 1 aromatic carbocycles. The number of rotatable bonds is 3. The largest absolute Gasteiger partial charge is 0.375 e. The zero-order chi connectivity index (χ0) is 14.0. The highest BCUT2D eigenvalue weighted by atomic mass is 32.1. The third-order valence-corrected chi connectivity index (χ3v) is 3.98. The van der Waals surface area contributed by atoms with Crippen LogP contribution in [0.3, 0.4) is 0 Å². The van der Waals surface area contributed by atoms with Gasteiger partial charge in [0.25, 0.3) is 0 Å². The van der Waals surface area contributed by atoms with Crippen LogP contribution < -0.4 is 5.32 Å². The van der Waals surface area contributed by atoms with Crippen LogP contribution in [0.5, 0.6) is 0 Å². The first-order valence-corrected chi connectivity index (χ1v) is 6.52. The van der Waals surface area contributed by atoms with E-state index in [1.807, 2.05) is 19.9 Å². The Bertz CT molecular complexity index is 613. The highest BCUT2D eigenvalue weighted by Crippen LogP contribution is 2.24. The molecule has 1 N–H and O–H groups in total. The molecule has 0 aliphatic heterocycles. The van der Waals surface area contributed by atoms with Gasteiger partial charge in [0.05, 0.1) is 11.6 Å². The number of thiophene rings is 1. The van der Waals surface area contributed by atoms with E-state index in [1.54, 1.807) is 17.4 Å². The summed E-state index contributed by atoms with van der Waals surface area (Å²) >= 11 is 1.59. The first kappa shape index (κ1) is 13.5. The molecule has 0 saturated carbocycles. The Labute approximate surface area is 114 Å². The predicted octanol–water partition coefficient (Wildman–Crippen LogP) is 4.13. The minimum atomic E-state index is -0.749. The normalized spacial score (nSPS) is 10.3. The molecule has 0 fully saturated rings. The lowest BCUT2D eigenvalue weighted by Gasteiger charge is -2.07. The van der Waals surface area contributed by atoms with Crippen molar-refractivity contribution < 1.29 is 8.78 Å². The Morgan fingerprint density at radius 3 is 2.32 bits per heavy atom. The Hall–Kier alpha value is -1.93. The van der Waals surface area contributed by atoms with Gasteiger partial charge < -0.3 is 5.32 Å². The summed E-state index contributed by atoms with van der Waals surface area (Å²) in [5.41, 5.74) is 0.952. The van der Waals surface area contributed by atoms with Crippen molar-refractivity contribution in [2.24, 2.45) is 0 Å². The zero-order valence-electron chi connectivity index (χ0n) is 10.6. The van der Waals surface area contributed by atoms with E-state index in [9.17, 15) is 8.78 Å². The van der Waals surface area contributed by atoms with E-state index in [2.05, 4.69) is 5.32 Å². The molecular weight excluding hydrogens is 266 g/mol. The van der Waals surface area contributed by atoms with Gasteiger partial charge in [0.2, 0.25) is 0 Å². The fourth-order valence-electron chi connectivity index (χ4n) is 1.72. The topological polar surface area (TPSA) is 35.8 Å². The molecule has 0 aliphatic rings. The fraction of sp³-hybridized carbons (Fsp3) is 0.214. The number of hydrogen-bond donors (Lipinski definition) is 1. The highest BCUT2D eigenvalue weighted by molar-refractivity contribution is 7.12. The molecule has 98 valence electrons. The average molecular weight is 278 g/mol. The maximum Gasteiger partial charge on any atom is 0.150 e. The molecule has 1 aromatic heterocycles. The number of benzene rings is 1. The van der Waals surface area contributed by atoms with Crippen molar-refractivity contribution in [3.8, 4) is 6.07 Å². The van der Waals surface area contributed by atoms with Crippen molar-refractivity contribution in [2.75, 3.05) is 5.32 Å². The molecule has 19 heavy (non-hydrogen) atoms. The molecule has 0 unspecified atom stereocenters. The van der Waals surface area contributed by atoms with E-state index >= 15 is 0 Å². The summed E-state index contributed by atoms with van der Waals surface area (Å²) in [4.78, 5) is 2.20. The van der Waals surface area contributed by atoms with E-state index in [1.165, 1.54) is 10.4 Å². The van der Waals surface area contributed by atoms with Crippen LogP contribution in [0.4, 0.5) is 14.5 Å². The number of hydrogen-bond acceptors (Lipinski definition) is 3. The maximum atomic E-state index is 13.6. The molecule has 0 bridgehead atoms. The van der Waals surface area contributed by atoms with Crippen LogP contribution >= 0.6 is 11.3 Å². The van der Waals surface area contributed by atoms with Crippen LogP contribution in [0, 0.1) is 36.8 Å². The molecule has 1 heterocycles. The average Bonchev–Trinajstić information content (AvgIpc) is 2.67. The van der Waals surface area contributed by atoms with Crippen molar-refractivity contribution in [1.29, 1.82) is 5.26 Å². The second-order valence-electron chi connectivity index (χ2n) is 4.23. The van der Waals surface area contributed by atoms with Crippen LogP contribution in [0.15, 0.2) is 18.2 Å². The van der Waals surface area contributed by atoms with Gasteiger partial charge in [0.15, 0.2) is 11.6 Å². The molecule has 0 aliphatic carbocycles. The molecule has 2 nitrogen and oxygen atoms in total. The van der Waals surface area contributed by atoms with Gasteiger partial charge >= 0.3 is 0 Å². The summed E-state index contributed by atoms with van der Waals surface area (Å²) in [5, 5.41) is 11.4. The van der Waals surface area contributed by atoms with Gasteiger partial charge in [-0.15, -0.1) is 11.3 Å². The van der Waals surface area contributed by atoms with E-state index in [-0.39, 0.29) is 11.3 Å². The third-order valence-electron chi connectivity index (χ3n) is 2.83. The standard InChI is InChI=1S/C14H12F2N2S/c1-8-3-11(19-9(8)2)7-18-14-12(15)4-10(6-17)5-13(14)16/h3-5,18H,7H2,1-2H3. The first-order chi connectivity index (χ1) is 9.01. The van der Waals surface area contributed by atoms with Gasteiger partial charge in [0.1, 0.15) is 5.69 Å². The Morgan fingerprint density at radius 1 is 1.21 bits per heavy atom. The van der Waals surface area contributed by atoms with Crippen molar-refractivity contribution in [3.63, 3.8) is 0 Å². The molecule has 0 spiro atoms. The van der Waals surface area contributed by atoms with E-state index < -0.39 is 11.6 Å². The SMILES string of the molecule is Cc1cc(CNc2c(F)cc(C#N)cc2F)sc1C. The lowest BCUT2D eigenvalue weighted by atomic mass is 10.2. The van der Waals surface area contributed by atoms with E-state index in [0.717, 1.165) is 17.0 Å². The predicted molar refractivity (Wildman–Crippen MR) is 72.2 cm³/mol. The minimum Gasteiger partial charge on any atom is -0.375 e. The smallest absolute Gasteiger partial charge is 0.150 e. The molecule has 2 rings (SSSR count). The van der Waals surface area contributed by atoms with E-state index in [0.29, 0.717) is 6.54 Å². The van der Waals surface area contributed by atoms with Crippen molar-refractivity contribution in [2.45, 2.75) is 20.4 Å². The van der Waals surface area contributed by atoms with Crippen LogP contribution in [0.1, 0.15) is 20.9 Å². The van der Waals surface area contributed by atoms with Gasteiger partial charge in [-0.1, -0.05) is 0 Å². The van der Waals surface area contributed by atoms with Gasteiger partial charge in [-0.3, -0.25) is 0 Å². The number of anilines is 1. The first-order valence-electron chi connectivity index (χ1n) is 5.70. The Balaban J connectivity index is 2.18. The molecule has 0 atom stereocenters. The molecule has 2 aromatic rings. The monoisotopic (exact) mass is 278 g/mol. The van der Waals surface area contributed by atoms with Crippen LogP contribution in [-0.2, 0) is 6.54 Å². The minimum absolute atomic E-state index is 0.0247. The summed E-state index contributed by atoms with van der Waals surface area (Å²) in [6, 6.07) is 5.76. The summed E-state index contributed by atoms with van der Waals surface area (Å²) in [7, 11) is 0. The van der Waals surface area contributed by atoms with E-state index in [4.69, 9.17) is 5.26 Å². The van der Waals surface area contributed by atoms with Crippen LogP contribution in [0.25, 0.3) is 0 Å². The summed E-state index contributed by atoms with van der Waals surface area (Å²) in [6.45, 7) is 4.36. The van der Waals surface area contributed by atoms with Crippen molar-refractivity contribution in [3.05, 3.63) is 50.7 Å². The number of nitrogens with one attached hydrogen (secondary N) is 1. The number of aryl methyl sites for hydroxylation is 2. The lowest BCUT2D eigenvalue weighted by molar-refractivity contribution is 0.587. The summed E-state index contributed by atoms with van der Waals surface area (Å²) in [5.74, 6) is -1.50. The molecule has 0 amide bonds. The van der Waals surface area contributed by atoms with Crippen molar-refractivity contribution >= 4 is 17.0 Å². The molecule has 0 radical (unpaired) electrons. The second kappa shape index (κ2) is 5.37. The quantitative estimate of drug-likeness (QED) is 0.916. The maximum absolute atomic E-state index is 13.6. The lowest BCUT2D eigenvalue weighted by Crippen LogP contribution is -2.03. The fourth-order valence-corrected chi connectivity index (χ4v) is 2.71. The second-order valence-corrected chi connectivity index (χ2v) is 5.57. The number of halogens is 2. The number of nitrogens with zero attached hydrogens (tertiary/aromatic N) is 1. The molecule has 5 heteroatoms. The van der Waals surface area contributed by atoms with Gasteiger partial charge in [-0.05, 0) is 37.6 Å². The summed E-state index contributed by atoms with van der Waals surface area (Å²) < 4.78 is 27.3. The Kier molecular flexibility index (Phi) is 3.82. The number of nitriles is 1. The third kappa shape index (κ3) is 2.91. The van der Waals surface area contributed by atoms with Crippen molar-refractivity contribution in [1.82, 2.24) is 0 Å². The van der Waals surface area contributed by atoms with Crippen LogP contribution in [0.2, 0.25) is 0 Å². The van der Waals surface area contributed by atoms with Gasteiger partial charge in [-0.2, -0.15) is 5.26 Å².